The monoisotopic (exact) mass is 363 g/mol. The van der Waals surface area contributed by atoms with Crippen LogP contribution in [-0.2, 0) is 10.0 Å². The Morgan fingerprint density at radius 3 is 2.39 bits per heavy atom. The van der Waals surface area contributed by atoms with Crippen molar-refractivity contribution in [2.45, 2.75) is 10.9 Å². The van der Waals surface area contributed by atoms with Crippen molar-refractivity contribution in [3.05, 3.63) is 87.6 Å². The molecule has 0 aliphatic heterocycles. The first-order chi connectivity index (χ1) is 11.1. The van der Waals surface area contributed by atoms with Gasteiger partial charge in [0.05, 0.1) is 10.9 Å². The third-order valence-electron chi connectivity index (χ3n) is 3.34. The van der Waals surface area contributed by atoms with Gasteiger partial charge in [0.1, 0.15) is 0 Å². The predicted octanol–water partition coefficient (Wildman–Crippen LogP) is 4.47. The minimum absolute atomic E-state index is 0.155. The molecule has 0 unspecified atom stereocenters. The lowest BCUT2D eigenvalue weighted by atomic mass is 10.1. The molecule has 0 spiro atoms. The third-order valence-corrected chi connectivity index (χ3v) is 5.93. The molecular formula is C17H14ClNO2S2. The first-order valence-electron chi connectivity index (χ1n) is 6.92. The van der Waals surface area contributed by atoms with Gasteiger partial charge >= 0.3 is 0 Å². The molecule has 1 atom stereocenters. The highest BCUT2D eigenvalue weighted by atomic mass is 35.5. The van der Waals surface area contributed by atoms with E-state index in [0.29, 0.717) is 5.02 Å². The summed E-state index contributed by atoms with van der Waals surface area (Å²) in [5.41, 5.74) is 0.889. The van der Waals surface area contributed by atoms with E-state index in [0.717, 1.165) is 10.4 Å². The zero-order chi connectivity index (χ0) is 16.3. The molecule has 0 amide bonds. The molecular weight excluding hydrogens is 350 g/mol. The highest BCUT2D eigenvalue weighted by Crippen LogP contribution is 2.28. The Labute approximate surface area is 144 Å². The fourth-order valence-corrected chi connectivity index (χ4v) is 4.63. The summed E-state index contributed by atoms with van der Waals surface area (Å²) in [6.07, 6.45) is 0. The largest absolute Gasteiger partial charge is 0.241 e. The van der Waals surface area contributed by atoms with Gasteiger partial charge in [-0.05, 0) is 35.2 Å². The quantitative estimate of drug-likeness (QED) is 0.727. The zero-order valence-corrected chi connectivity index (χ0v) is 14.4. The summed E-state index contributed by atoms with van der Waals surface area (Å²) in [5, 5.41) is 2.32. The van der Waals surface area contributed by atoms with Crippen LogP contribution >= 0.6 is 22.9 Å². The molecule has 1 N–H and O–H groups in total. The van der Waals surface area contributed by atoms with Crippen molar-refractivity contribution in [1.82, 2.24) is 4.72 Å². The predicted molar refractivity (Wildman–Crippen MR) is 94.4 cm³/mol. The topological polar surface area (TPSA) is 46.2 Å². The molecule has 0 fully saturated rings. The number of nitrogens with one attached hydrogen (secondary N) is 1. The van der Waals surface area contributed by atoms with Crippen molar-refractivity contribution < 1.29 is 8.42 Å². The van der Waals surface area contributed by atoms with Crippen LogP contribution in [0.5, 0.6) is 0 Å². The van der Waals surface area contributed by atoms with Gasteiger partial charge in [-0.1, -0.05) is 54.1 Å². The van der Waals surface area contributed by atoms with E-state index in [9.17, 15) is 8.42 Å². The lowest BCUT2D eigenvalue weighted by Gasteiger charge is -2.18. The van der Waals surface area contributed by atoms with Gasteiger partial charge in [0.2, 0.25) is 10.0 Å². The molecule has 118 valence electrons. The molecule has 0 saturated carbocycles. The van der Waals surface area contributed by atoms with E-state index in [2.05, 4.69) is 4.72 Å². The second kappa shape index (κ2) is 6.84. The van der Waals surface area contributed by atoms with Crippen molar-refractivity contribution in [2.24, 2.45) is 0 Å². The smallest absolute Gasteiger partial charge is 0.207 e. The van der Waals surface area contributed by atoms with E-state index in [-0.39, 0.29) is 4.90 Å². The summed E-state index contributed by atoms with van der Waals surface area (Å²) in [6.45, 7) is 0. The molecule has 6 heteroatoms. The number of sulfonamides is 1. The fraction of sp³-hybridized carbons (Fsp3) is 0.0588. The van der Waals surface area contributed by atoms with Gasteiger partial charge in [-0.3, -0.25) is 0 Å². The van der Waals surface area contributed by atoms with Gasteiger partial charge in [0.15, 0.2) is 0 Å². The van der Waals surface area contributed by atoms with Gasteiger partial charge in [0, 0.05) is 9.90 Å². The second-order valence-corrected chi connectivity index (χ2v) is 8.07. The average molecular weight is 364 g/mol. The first-order valence-corrected chi connectivity index (χ1v) is 9.66. The van der Waals surface area contributed by atoms with Crippen molar-refractivity contribution in [3.63, 3.8) is 0 Å². The summed E-state index contributed by atoms with van der Waals surface area (Å²) < 4.78 is 28.2. The van der Waals surface area contributed by atoms with Crippen LogP contribution in [0.2, 0.25) is 5.02 Å². The van der Waals surface area contributed by atoms with Gasteiger partial charge in [-0.25, -0.2) is 8.42 Å². The highest BCUT2D eigenvalue weighted by molar-refractivity contribution is 7.89. The summed E-state index contributed by atoms with van der Waals surface area (Å²) in [4.78, 5) is 1.09. The minimum Gasteiger partial charge on any atom is -0.207 e. The Morgan fingerprint density at radius 2 is 1.74 bits per heavy atom. The van der Waals surface area contributed by atoms with Crippen molar-refractivity contribution in [1.29, 1.82) is 0 Å². The maximum atomic E-state index is 12.7. The van der Waals surface area contributed by atoms with Gasteiger partial charge in [0.25, 0.3) is 0 Å². The zero-order valence-electron chi connectivity index (χ0n) is 12.0. The van der Waals surface area contributed by atoms with Gasteiger partial charge in [-0.2, -0.15) is 4.72 Å². The standard InChI is InChI=1S/C17H14ClNO2S2/c18-14-8-4-9-15(12-14)23(20,21)19-17(16-10-5-11-22-16)13-6-2-1-3-7-13/h1-12,17,19H/t17-/m1/s1. The normalized spacial score (nSPS) is 12.9. The van der Waals surface area contributed by atoms with E-state index < -0.39 is 16.1 Å². The van der Waals surface area contributed by atoms with Crippen LogP contribution in [0, 0.1) is 0 Å². The summed E-state index contributed by atoms with van der Waals surface area (Å²) in [7, 11) is -3.68. The number of rotatable bonds is 5. The Hall–Kier alpha value is -1.66. The molecule has 1 heterocycles. The van der Waals surface area contributed by atoms with Crippen LogP contribution in [0.4, 0.5) is 0 Å². The number of benzene rings is 2. The molecule has 2 aromatic carbocycles. The minimum atomic E-state index is -3.68. The van der Waals surface area contributed by atoms with Crippen LogP contribution in [0.15, 0.2) is 77.0 Å². The Morgan fingerprint density at radius 1 is 0.957 bits per heavy atom. The number of hydrogen-bond donors (Lipinski definition) is 1. The van der Waals surface area contributed by atoms with Crippen molar-refractivity contribution >= 4 is 33.0 Å². The van der Waals surface area contributed by atoms with Crippen molar-refractivity contribution in [3.8, 4) is 0 Å². The maximum Gasteiger partial charge on any atom is 0.241 e. The van der Waals surface area contributed by atoms with Crippen LogP contribution in [0.3, 0.4) is 0 Å². The Balaban J connectivity index is 1.99. The Kier molecular flexibility index (Phi) is 4.82. The lowest BCUT2D eigenvalue weighted by molar-refractivity contribution is 0.573. The van der Waals surface area contributed by atoms with Crippen LogP contribution in [0.25, 0.3) is 0 Å². The van der Waals surface area contributed by atoms with E-state index >= 15 is 0 Å². The molecule has 3 nitrogen and oxygen atoms in total. The lowest BCUT2D eigenvalue weighted by Crippen LogP contribution is -2.29. The van der Waals surface area contributed by atoms with E-state index in [4.69, 9.17) is 11.6 Å². The summed E-state index contributed by atoms with van der Waals surface area (Å²) in [5.74, 6) is 0. The van der Waals surface area contributed by atoms with Crippen LogP contribution in [0.1, 0.15) is 16.5 Å². The molecule has 3 rings (SSSR count). The van der Waals surface area contributed by atoms with Crippen molar-refractivity contribution in [2.75, 3.05) is 0 Å². The number of halogens is 1. The highest BCUT2D eigenvalue weighted by Gasteiger charge is 2.23. The number of thiophene rings is 1. The SMILES string of the molecule is O=S(=O)(N[C@H](c1ccccc1)c1cccs1)c1cccc(Cl)c1. The molecule has 23 heavy (non-hydrogen) atoms. The molecule has 1 aromatic heterocycles. The molecule has 0 radical (unpaired) electrons. The van der Waals surface area contributed by atoms with E-state index in [1.165, 1.54) is 23.5 Å². The van der Waals surface area contributed by atoms with Crippen LogP contribution < -0.4 is 4.72 Å². The van der Waals surface area contributed by atoms with Gasteiger partial charge < -0.3 is 0 Å². The van der Waals surface area contributed by atoms with Crippen LogP contribution in [-0.4, -0.2) is 8.42 Å². The third kappa shape index (κ3) is 3.82. The molecule has 0 bridgehead atoms. The summed E-state index contributed by atoms with van der Waals surface area (Å²) in [6, 6.07) is 19.1. The van der Waals surface area contributed by atoms with E-state index in [1.54, 1.807) is 12.1 Å². The summed E-state index contributed by atoms with van der Waals surface area (Å²) >= 11 is 7.43. The first kappa shape index (κ1) is 16.2. The van der Waals surface area contributed by atoms with Gasteiger partial charge in [-0.15, -0.1) is 11.3 Å². The molecule has 0 aliphatic carbocycles. The molecule has 3 aromatic rings. The molecule has 0 saturated heterocycles. The second-order valence-electron chi connectivity index (χ2n) is 4.94. The molecule has 0 aliphatic rings. The maximum absolute atomic E-state index is 12.7. The number of hydrogen-bond acceptors (Lipinski definition) is 3. The fourth-order valence-electron chi connectivity index (χ4n) is 2.25. The van der Waals surface area contributed by atoms with E-state index in [1.807, 2.05) is 47.8 Å². The average Bonchev–Trinajstić information content (AvgIpc) is 3.08. The Bertz CT molecular complexity index is 878.